The molecule has 0 aliphatic heterocycles. The van der Waals surface area contributed by atoms with Gasteiger partial charge in [-0.15, -0.1) is 0 Å². The molecule has 0 spiro atoms. The van der Waals surface area contributed by atoms with Crippen LogP contribution in [0.5, 0.6) is 5.75 Å². The molecule has 0 radical (unpaired) electrons. The van der Waals surface area contributed by atoms with Gasteiger partial charge in [-0.2, -0.15) is 0 Å². The fourth-order valence-electron chi connectivity index (χ4n) is 2.12. The van der Waals surface area contributed by atoms with Crippen molar-refractivity contribution in [1.82, 2.24) is 10.6 Å². The third-order valence-corrected chi connectivity index (χ3v) is 3.43. The van der Waals surface area contributed by atoms with Gasteiger partial charge in [0.2, 0.25) is 0 Å². The number of rotatable bonds is 8. The van der Waals surface area contributed by atoms with Crippen LogP contribution in [-0.4, -0.2) is 31.3 Å². The number of aliphatic hydroxyl groups excluding tert-OH is 1. The monoisotopic (exact) mass is 318 g/mol. The van der Waals surface area contributed by atoms with E-state index in [1.165, 1.54) is 6.26 Å². The first-order valence-electron chi connectivity index (χ1n) is 7.55. The summed E-state index contributed by atoms with van der Waals surface area (Å²) in [4.78, 5) is 11.7. The molecule has 124 valence electrons. The molecule has 23 heavy (non-hydrogen) atoms. The van der Waals surface area contributed by atoms with Gasteiger partial charge < -0.3 is 24.9 Å². The van der Waals surface area contributed by atoms with Crippen LogP contribution < -0.4 is 15.4 Å². The molecule has 0 aliphatic rings. The molecule has 2 amide bonds. The van der Waals surface area contributed by atoms with Gasteiger partial charge in [0.05, 0.1) is 13.4 Å². The van der Waals surface area contributed by atoms with Crippen molar-refractivity contribution in [3.05, 3.63) is 54.0 Å². The van der Waals surface area contributed by atoms with E-state index in [2.05, 4.69) is 10.6 Å². The SMILES string of the molecule is COc1ccc(CCNC(=O)NCC[C@@H](O)c2ccco2)cc1. The molecular weight excluding hydrogens is 296 g/mol. The Hall–Kier alpha value is -2.47. The molecule has 0 unspecified atom stereocenters. The number of carbonyl (C=O) groups excluding carboxylic acids is 1. The second-order valence-electron chi connectivity index (χ2n) is 5.10. The molecule has 6 heteroatoms. The summed E-state index contributed by atoms with van der Waals surface area (Å²) in [6.07, 6.45) is 1.95. The van der Waals surface area contributed by atoms with Gasteiger partial charge in [0.1, 0.15) is 17.6 Å². The lowest BCUT2D eigenvalue weighted by molar-refractivity contribution is 0.140. The number of amides is 2. The molecular formula is C17H22N2O4. The quantitative estimate of drug-likeness (QED) is 0.697. The van der Waals surface area contributed by atoms with Crippen LogP contribution in [0.3, 0.4) is 0 Å². The predicted octanol–water partition coefficient (Wildman–Crippen LogP) is 2.25. The van der Waals surface area contributed by atoms with Gasteiger partial charge in [0.25, 0.3) is 0 Å². The van der Waals surface area contributed by atoms with Crippen molar-refractivity contribution < 1.29 is 19.1 Å². The minimum atomic E-state index is -0.704. The number of urea groups is 1. The molecule has 0 fully saturated rings. The van der Waals surface area contributed by atoms with Crippen molar-refractivity contribution in [3.63, 3.8) is 0 Å². The van der Waals surface area contributed by atoms with Crippen LogP contribution >= 0.6 is 0 Å². The number of nitrogens with one attached hydrogen (secondary N) is 2. The van der Waals surface area contributed by atoms with Gasteiger partial charge >= 0.3 is 6.03 Å². The summed E-state index contributed by atoms with van der Waals surface area (Å²) in [5, 5.41) is 15.3. The van der Waals surface area contributed by atoms with E-state index >= 15 is 0 Å². The molecule has 1 aromatic carbocycles. The van der Waals surface area contributed by atoms with Crippen molar-refractivity contribution in [2.24, 2.45) is 0 Å². The zero-order valence-electron chi connectivity index (χ0n) is 13.1. The minimum Gasteiger partial charge on any atom is -0.497 e. The molecule has 0 aliphatic carbocycles. The third kappa shape index (κ3) is 5.67. The van der Waals surface area contributed by atoms with E-state index in [0.717, 1.165) is 17.7 Å². The highest BCUT2D eigenvalue weighted by Crippen LogP contribution is 2.15. The number of ether oxygens (including phenoxy) is 1. The highest BCUT2D eigenvalue weighted by atomic mass is 16.5. The lowest BCUT2D eigenvalue weighted by Crippen LogP contribution is -2.37. The third-order valence-electron chi connectivity index (χ3n) is 3.43. The van der Waals surface area contributed by atoms with Gasteiger partial charge in [-0.1, -0.05) is 12.1 Å². The first-order chi connectivity index (χ1) is 11.2. The standard InChI is InChI=1S/C17H22N2O4/c1-22-14-6-4-13(5-7-14)8-10-18-17(21)19-11-9-15(20)16-3-2-12-23-16/h2-7,12,15,20H,8-11H2,1H3,(H2,18,19,21)/t15-/m1/s1. The molecule has 1 aromatic heterocycles. The lowest BCUT2D eigenvalue weighted by atomic mass is 10.1. The van der Waals surface area contributed by atoms with Gasteiger partial charge in [0.15, 0.2) is 0 Å². The van der Waals surface area contributed by atoms with Crippen LogP contribution in [0.4, 0.5) is 4.79 Å². The molecule has 6 nitrogen and oxygen atoms in total. The van der Waals surface area contributed by atoms with E-state index in [-0.39, 0.29) is 6.03 Å². The fourth-order valence-corrected chi connectivity index (χ4v) is 2.12. The van der Waals surface area contributed by atoms with E-state index in [0.29, 0.717) is 25.3 Å². The Morgan fingerprint density at radius 3 is 2.61 bits per heavy atom. The van der Waals surface area contributed by atoms with E-state index in [1.54, 1.807) is 19.2 Å². The number of carbonyl (C=O) groups is 1. The van der Waals surface area contributed by atoms with Crippen molar-refractivity contribution in [1.29, 1.82) is 0 Å². The Morgan fingerprint density at radius 2 is 1.96 bits per heavy atom. The molecule has 1 heterocycles. The molecule has 0 saturated carbocycles. The summed E-state index contributed by atoms with van der Waals surface area (Å²) >= 11 is 0. The number of aliphatic hydroxyl groups is 1. The Morgan fingerprint density at radius 1 is 1.22 bits per heavy atom. The zero-order valence-corrected chi connectivity index (χ0v) is 13.1. The summed E-state index contributed by atoms with van der Waals surface area (Å²) in [5.41, 5.74) is 1.12. The highest BCUT2D eigenvalue weighted by molar-refractivity contribution is 5.73. The Kier molecular flexibility index (Phi) is 6.50. The fraction of sp³-hybridized carbons (Fsp3) is 0.353. The number of hydrogen-bond acceptors (Lipinski definition) is 4. The van der Waals surface area contributed by atoms with Crippen LogP contribution in [0.25, 0.3) is 0 Å². The van der Waals surface area contributed by atoms with Crippen LogP contribution in [0.2, 0.25) is 0 Å². The van der Waals surface area contributed by atoms with Crippen molar-refractivity contribution in [3.8, 4) is 5.75 Å². The zero-order chi connectivity index (χ0) is 16.5. The van der Waals surface area contributed by atoms with Crippen LogP contribution in [0.15, 0.2) is 47.1 Å². The van der Waals surface area contributed by atoms with Gasteiger partial charge in [-0.3, -0.25) is 0 Å². The average molecular weight is 318 g/mol. The summed E-state index contributed by atoms with van der Waals surface area (Å²) in [6.45, 7) is 0.912. The number of furan rings is 1. The Bertz CT molecular complexity index is 581. The maximum absolute atomic E-state index is 11.7. The maximum atomic E-state index is 11.7. The Balaban J connectivity index is 1.59. The maximum Gasteiger partial charge on any atom is 0.314 e. The summed E-state index contributed by atoms with van der Waals surface area (Å²) in [6, 6.07) is 10.9. The smallest absolute Gasteiger partial charge is 0.314 e. The van der Waals surface area contributed by atoms with Crippen molar-refractivity contribution >= 4 is 6.03 Å². The number of methoxy groups -OCH3 is 1. The first-order valence-corrected chi connectivity index (χ1v) is 7.55. The van der Waals surface area contributed by atoms with E-state index in [4.69, 9.17) is 9.15 Å². The average Bonchev–Trinajstić information content (AvgIpc) is 3.10. The minimum absolute atomic E-state index is 0.245. The van der Waals surface area contributed by atoms with Gasteiger partial charge in [0, 0.05) is 13.1 Å². The lowest BCUT2D eigenvalue weighted by Gasteiger charge is -2.10. The first kappa shape index (κ1) is 16.9. The molecule has 2 aromatic rings. The van der Waals surface area contributed by atoms with Crippen LogP contribution in [0, 0.1) is 0 Å². The number of hydrogen-bond donors (Lipinski definition) is 3. The molecule has 0 bridgehead atoms. The largest absolute Gasteiger partial charge is 0.497 e. The van der Waals surface area contributed by atoms with Crippen molar-refractivity contribution in [2.75, 3.05) is 20.2 Å². The summed E-state index contributed by atoms with van der Waals surface area (Å²) in [7, 11) is 1.63. The predicted molar refractivity (Wildman–Crippen MR) is 86.4 cm³/mol. The van der Waals surface area contributed by atoms with Crippen LogP contribution in [0.1, 0.15) is 23.8 Å². The molecule has 1 atom stereocenters. The Labute approximate surface area is 135 Å². The summed E-state index contributed by atoms with van der Waals surface area (Å²) in [5.74, 6) is 1.32. The van der Waals surface area contributed by atoms with Gasteiger partial charge in [-0.05, 0) is 42.7 Å². The van der Waals surface area contributed by atoms with E-state index < -0.39 is 6.10 Å². The topological polar surface area (TPSA) is 83.7 Å². The van der Waals surface area contributed by atoms with E-state index in [1.807, 2.05) is 24.3 Å². The van der Waals surface area contributed by atoms with Crippen molar-refractivity contribution in [2.45, 2.75) is 18.9 Å². The normalized spacial score (nSPS) is 11.7. The molecule has 2 rings (SSSR count). The second-order valence-corrected chi connectivity index (χ2v) is 5.10. The number of benzene rings is 1. The molecule has 3 N–H and O–H groups in total. The van der Waals surface area contributed by atoms with E-state index in [9.17, 15) is 9.90 Å². The highest BCUT2D eigenvalue weighted by Gasteiger charge is 2.10. The van der Waals surface area contributed by atoms with Gasteiger partial charge in [-0.25, -0.2) is 4.79 Å². The summed E-state index contributed by atoms with van der Waals surface area (Å²) < 4.78 is 10.2. The van der Waals surface area contributed by atoms with Crippen LogP contribution in [-0.2, 0) is 6.42 Å². The molecule has 0 saturated heterocycles. The second kappa shape index (κ2) is 8.85.